The number of nitrogens with one attached hydrogen (secondary N) is 1. The number of para-hydroxylation sites is 1. The number of hydrogen-bond acceptors (Lipinski definition) is 2. The monoisotopic (exact) mass is 461 g/mol. The lowest BCUT2D eigenvalue weighted by atomic mass is 10.1. The minimum atomic E-state index is -0.337. The van der Waals surface area contributed by atoms with Crippen molar-refractivity contribution in [3.05, 3.63) is 93.2 Å². The van der Waals surface area contributed by atoms with E-state index in [1.165, 1.54) is 5.56 Å². The molecule has 2 aromatic carbocycles. The maximum absolute atomic E-state index is 12.5. The van der Waals surface area contributed by atoms with E-state index in [0.717, 1.165) is 40.0 Å². The number of rotatable bonds is 7. The van der Waals surface area contributed by atoms with Gasteiger partial charge in [0.25, 0.3) is 5.91 Å². The molecule has 0 unspecified atom stereocenters. The first-order valence-corrected chi connectivity index (χ1v) is 10.7. The summed E-state index contributed by atoms with van der Waals surface area (Å²) in [5, 5.41) is 12.4. The normalized spacial score (nSPS) is 11.2. The van der Waals surface area contributed by atoms with E-state index >= 15 is 0 Å². The average Bonchev–Trinajstić information content (AvgIpc) is 3.03. The van der Waals surface area contributed by atoms with Crippen molar-refractivity contribution in [2.45, 2.75) is 26.7 Å². The van der Waals surface area contributed by atoms with Gasteiger partial charge in [0.15, 0.2) is 0 Å². The van der Waals surface area contributed by atoms with E-state index in [0.29, 0.717) is 6.54 Å². The van der Waals surface area contributed by atoms with Gasteiger partial charge in [-0.15, -0.1) is 0 Å². The van der Waals surface area contributed by atoms with Crippen LogP contribution in [0.25, 0.3) is 11.8 Å². The Hall–Kier alpha value is -3.10. The molecule has 0 bridgehead atoms. The van der Waals surface area contributed by atoms with Crippen molar-refractivity contribution in [3.63, 3.8) is 0 Å². The minimum Gasteiger partial charge on any atom is -0.351 e. The van der Waals surface area contributed by atoms with Crippen molar-refractivity contribution in [1.29, 1.82) is 5.26 Å². The van der Waals surface area contributed by atoms with Crippen molar-refractivity contribution in [2.24, 2.45) is 0 Å². The van der Waals surface area contributed by atoms with E-state index in [9.17, 15) is 10.1 Å². The summed E-state index contributed by atoms with van der Waals surface area (Å²) in [6, 6.07) is 22.2. The zero-order valence-electron chi connectivity index (χ0n) is 17.2. The molecule has 0 spiro atoms. The van der Waals surface area contributed by atoms with Crippen molar-refractivity contribution in [3.8, 4) is 11.8 Å². The molecular formula is C25H24BrN3O. The molecule has 0 aliphatic rings. The number of aryl methyl sites for hydroxylation is 2. The van der Waals surface area contributed by atoms with Gasteiger partial charge in [0, 0.05) is 22.4 Å². The van der Waals surface area contributed by atoms with Gasteiger partial charge in [0.2, 0.25) is 0 Å². The van der Waals surface area contributed by atoms with Gasteiger partial charge in [0.05, 0.1) is 5.69 Å². The third-order valence-corrected chi connectivity index (χ3v) is 5.67. The summed E-state index contributed by atoms with van der Waals surface area (Å²) >= 11 is 3.60. The quantitative estimate of drug-likeness (QED) is 0.286. The summed E-state index contributed by atoms with van der Waals surface area (Å²) < 4.78 is 3.10. The van der Waals surface area contributed by atoms with Crippen LogP contribution in [-0.2, 0) is 11.2 Å². The molecule has 0 saturated heterocycles. The fourth-order valence-corrected chi connectivity index (χ4v) is 3.94. The topological polar surface area (TPSA) is 57.8 Å². The van der Waals surface area contributed by atoms with Crippen LogP contribution in [0.1, 0.15) is 28.9 Å². The van der Waals surface area contributed by atoms with E-state index < -0.39 is 0 Å². The molecule has 0 aliphatic carbocycles. The molecule has 4 nitrogen and oxygen atoms in total. The Balaban J connectivity index is 1.71. The number of amides is 1. The molecule has 152 valence electrons. The van der Waals surface area contributed by atoms with Crippen LogP contribution in [0.5, 0.6) is 0 Å². The lowest BCUT2D eigenvalue weighted by Gasteiger charge is -2.11. The predicted octanol–water partition coefficient (Wildman–Crippen LogP) is 5.51. The maximum Gasteiger partial charge on any atom is 0.261 e. The Labute approximate surface area is 186 Å². The number of halogens is 1. The Morgan fingerprint density at radius 1 is 1.13 bits per heavy atom. The number of benzene rings is 2. The second-order valence-corrected chi connectivity index (χ2v) is 7.98. The first kappa shape index (κ1) is 21.6. The summed E-state index contributed by atoms with van der Waals surface area (Å²) in [7, 11) is 0. The number of aromatic nitrogens is 1. The number of nitrogens with zero attached hydrogens (tertiary/aromatic N) is 2. The fraction of sp³-hybridized carbons (Fsp3) is 0.200. The standard InChI is InChI=1S/C25H24BrN3O/c1-18-15-21(19(2)29(18)24-13-7-6-12-23(24)26)16-22(17-27)25(30)28-14-8-11-20-9-4-3-5-10-20/h3-7,9-10,12-13,15-16H,8,11,14H2,1-2H3,(H,28,30)/b22-16-. The Kier molecular flexibility index (Phi) is 7.26. The highest BCUT2D eigenvalue weighted by Crippen LogP contribution is 2.27. The number of carbonyl (C=O) groups excluding carboxylic acids is 1. The molecule has 1 heterocycles. The van der Waals surface area contributed by atoms with Crippen molar-refractivity contribution >= 4 is 27.9 Å². The highest BCUT2D eigenvalue weighted by Gasteiger charge is 2.14. The molecular weight excluding hydrogens is 438 g/mol. The molecule has 0 atom stereocenters. The van der Waals surface area contributed by atoms with Crippen molar-refractivity contribution < 1.29 is 4.79 Å². The zero-order chi connectivity index (χ0) is 21.5. The van der Waals surface area contributed by atoms with Crippen molar-refractivity contribution in [2.75, 3.05) is 6.54 Å². The average molecular weight is 462 g/mol. The van der Waals surface area contributed by atoms with E-state index in [1.807, 2.05) is 68.4 Å². The van der Waals surface area contributed by atoms with Gasteiger partial charge in [0.1, 0.15) is 11.6 Å². The van der Waals surface area contributed by atoms with Crippen LogP contribution in [0.2, 0.25) is 0 Å². The van der Waals surface area contributed by atoms with Crippen molar-refractivity contribution in [1.82, 2.24) is 9.88 Å². The molecule has 30 heavy (non-hydrogen) atoms. The van der Waals surface area contributed by atoms with Crippen LogP contribution in [-0.4, -0.2) is 17.0 Å². The Morgan fingerprint density at radius 2 is 1.83 bits per heavy atom. The molecule has 0 aliphatic heterocycles. The lowest BCUT2D eigenvalue weighted by Crippen LogP contribution is -2.25. The Bertz CT molecular complexity index is 1110. The summed E-state index contributed by atoms with van der Waals surface area (Å²) in [4.78, 5) is 12.5. The molecule has 1 N–H and O–H groups in total. The third kappa shape index (κ3) is 5.08. The molecule has 3 aromatic rings. The van der Waals surface area contributed by atoms with E-state index in [4.69, 9.17) is 0 Å². The molecule has 1 amide bonds. The van der Waals surface area contributed by atoms with Crippen LogP contribution in [0.15, 0.2) is 70.7 Å². The molecule has 0 radical (unpaired) electrons. The van der Waals surface area contributed by atoms with Gasteiger partial charge in [-0.1, -0.05) is 42.5 Å². The molecule has 5 heteroatoms. The lowest BCUT2D eigenvalue weighted by molar-refractivity contribution is -0.117. The van der Waals surface area contributed by atoms with Crippen LogP contribution >= 0.6 is 15.9 Å². The van der Waals surface area contributed by atoms with Crippen LogP contribution in [0, 0.1) is 25.2 Å². The van der Waals surface area contributed by atoms with E-state index in [-0.39, 0.29) is 11.5 Å². The molecule has 0 fully saturated rings. The maximum atomic E-state index is 12.5. The molecule has 3 rings (SSSR count). The minimum absolute atomic E-state index is 0.113. The Morgan fingerprint density at radius 3 is 2.53 bits per heavy atom. The molecule has 1 aromatic heterocycles. The summed E-state index contributed by atoms with van der Waals surface area (Å²) in [6.45, 7) is 4.53. The highest BCUT2D eigenvalue weighted by atomic mass is 79.9. The number of nitriles is 1. The molecule has 0 saturated carbocycles. The van der Waals surface area contributed by atoms with Crippen LogP contribution < -0.4 is 5.32 Å². The van der Waals surface area contributed by atoms with Gasteiger partial charge in [-0.3, -0.25) is 4.79 Å². The second kappa shape index (κ2) is 10.1. The van der Waals surface area contributed by atoms with Gasteiger partial charge < -0.3 is 9.88 Å². The fourth-order valence-electron chi connectivity index (χ4n) is 3.48. The zero-order valence-corrected chi connectivity index (χ0v) is 18.7. The summed E-state index contributed by atoms with van der Waals surface area (Å²) in [5.41, 5.74) is 5.25. The number of hydrogen-bond donors (Lipinski definition) is 1. The van der Waals surface area contributed by atoms with Crippen LogP contribution in [0.3, 0.4) is 0 Å². The first-order chi connectivity index (χ1) is 14.5. The first-order valence-electron chi connectivity index (χ1n) is 9.89. The second-order valence-electron chi connectivity index (χ2n) is 7.13. The summed E-state index contributed by atoms with van der Waals surface area (Å²) in [6.07, 6.45) is 3.38. The third-order valence-electron chi connectivity index (χ3n) is 5.00. The predicted molar refractivity (Wildman–Crippen MR) is 124 cm³/mol. The largest absolute Gasteiger partial charge is 0.351 e. The number of carbonyl (C=O) groups is 1. The van der Waals surface area contributed by atoms with Crippen LogP contribution in [0.4, 0.5) is 0 Å². The summed E-state index contributed by atoms with van der Waals surface area (Å²) in [5.74, 6) is -0.337. The van der Waals surface area contributed by atoms with E-state index in [1.54, 1.807) is 6.08 Å². The van der Waals surface area contributed by atoms with Gasteiger partial charge in [-0.2, -0.15) is 5.26 Å². The van der Waals surface area contributed by atoms with Gasteiger partial charge >= 0.3 is 0 Å². The SMILES string of the molecule is Cc1cc(/C=C(/C#N)C(=O)NCCCc2ccccc2)c(C)n1-c1ccccc1Br. The van der Waals surface area contributed by atoms with Gasteiger partial charge in [-0.25, -0.2) is 0 Å². The van der Waals surface area contributed by atoms with Gasteiger partial charge in [-0.05, 0) is 78.0 Å². The highest BCUT2D eigenvalue weighted by molar-refractivity contribution is 9.10. The smallest absolute Gasteiger partial charge is 0.261 e. The van der Waals surface area contributed by atoms with E-state index in [2.05, 4.69) is 37.9 Å².